The van der Waals surface area contributed by atoms with Gasteiger partial charge in [-0.1, -0.05) is 19.9 Å². The van der Waals surface area contributed by atoms with Crippen molar-refractivity contribution in [3.63, 3.8) is 0 Å². The fourth-order valence-electron chi connectivity index (χ4n) is 2.62. The minimum atomic E-state index is 0.103. The van der Waals surface area contributed by atoms with Gasteiger partial charge in [0.15, 0.2) is 0 Å². The molecule has 5 nitrogen and oxygen atoms in total. The predicted molar refractivity (Wildman–Crippen MR) is 84.5 cm³/mol. The first-order valence-electron chi connectivity index (χ1n) is 7.85. The molecule has 2 heterocycles. The number of aromatic nitrogens is 1. The second-order valence-corrected chi connectivity index (χ2v) is 5.80. The maximum Gasteiger partial charge on any atom is 0.133 e. The first-order chi connectivity index (χ1) is 10.2. The molecule has 1 saturated heterocycles. The van der Waals surface area contributed by atoms with E-state index in [2.05, 4.69) is 35.1 Å². The molecule has 0 radical (unpaired) electrons. The van der Waals surface area contributed by atoms with Crippen LogP contribution in [0.2, 0.25) is 0 Å². The van der Waals surface area contributed by atoms with E-state index < -0.39 is 0 Å². The summed E-state index contributed by atoms with van der Waals surface area (Å²) in [5.41, 5.74) is 1.25. The Kier molecular flexibility index (Phi) is 6.42. The van der Waals surface area contributed by atoms with Gasteiger partial charge in [0, 0.05) is 37.4 Å². The van der Waals surface area contributed by atoms with Gasteiger partial charge >= 0.3 is 0 Å². The summed E-state index contributed by atoms with van der Waals surface area (Å²) in [5.74, 6) is 1.09. The maximum absolute atomic E-state index is 8.81. The Morgan fingerprint density at radius 1 is 1.43 bits per heavy atom. The molecule has 21 heavy (non-hydrogen) atoms. The van der Waals surface area contributed by atoms with Gasteiger partial charge in [-0.2, -0.15) is 0 Å². The maximum atomic E-state index is 8.81. The molecule has 1 fully saturated rings. The summed E-state index contributed by atoms with van der Waals surface area (Å²) in [7, 11) is 0. The quantitative estimate of drug-likeness (QED) is 0.799. The Bertz CT molecular complexity index is 418. The lowest BCUT2D eigenvalue weighted by Crippen LogP contribution is -2.38. The number of nitrogens with one attached hydrogen (secondary N) is 1. The highest BCUT2D eigenvalue weighted by atomic mass is 16.5. The Morgan fingerprint density at radius 2 is 2.19 bits per heavy atom. The number of piperidine rings is 1. The van der Waals surface area contributed by atoms with Crippen LogP contribution in [0.4, 0.5) is 5.82 Å². The molecule has 2 N–H and O–H groups in total. The van der Waals surface area contributed by atoms with Crippen LogP contribution in [-0.2, 0) is 11.3 Å². The number of hydrogen-bond acceptors (Lipinski definition) is 5. The molecule has 0 aliphatic carbocycles. The number of anilines is 1. The monoisotopic (exact) mass is 293 g/mol. The minimum Gasteiger partial charge on any atom is -0.394 e. The second kappa shape index (κ2) is 8.32. The van der Waals surface area contributed by atoms with Crippen LogP contribution in [0, 0.1) is 0 Å². The van der Waals surface area contributed by atoms with Crippen LogP contribution in [0.5, 0.6) is 0 Å². The van der Waals surface area contributed by atoms with E-state index in [1.54, 1.807) is 0 Å². The van der Waals surface area contributed by atoms with E-state index in [0.717, 1.165) is 38.3 Å². The Labute approximate surface area is 127 Å². The number of hydrogen-bond donors (Lipinski definition) is 2. The van der Waals surface area contributed by atoms with Gasteiger partial charge in [-0.15, -0.1) is 0 Å². The molecule has 0 unspecified atom stereocenters. The first-order valence-corrected chi connectivity index (χ1v) is 7.85. The molecule has 0 spiro atoms. The van der Waals surface area contributed by atoms with Gasteiger partial charge in [0.2, 0.25) is 0 Å². The van der Waals surface area contributed by atoms with Crippen molar-refractivity contribution >= 4 is 5.82 Å². The average molecular weight is 293 g/mol. The molecule has 5 heteroatoms. The summed E-state index contributed by atoms with van der Waals surface area (Å²) in [6.45, 7) is 7.62. The number of pyridine rings is 1. The van der Waals surface area contributed by atoms with E-state index in [9.17, 15) is 0 Å². The average Bonchev–Trinajstić information content (AvgIpc) is 2.52. The molecule has 2 rings (SSSR count). The summed E-state index contributed by atoms with van der Waals surface area (Å²) in [6, 6.07) is 4.61. The zero-order valence-corrected chi connectivity index (χ0v) is 13.1. The van der Waals surface area contributed by atoms with Crippen molar-refractivity contribution in [3.8, 4) is 0 Å². The molecule has 1 aliphatic rings. The SMILES string of the molecule is CC(C)NCc1cccnc1N1CCC(OCCO)CC1. The molecule has 0 bridgehead atoms. The van der Waals surface area contributed by atoms with Crippen molar-refractivity contribution in [2.24, 2.45) is 0 Å². The standard InChI is InChI=1S/C16H27N3O2/c1-13(2)18-12-14-4-3-7-17-16(14)19-8-5-15(6-9-19)21-11-10-20/h3-4,7,13,15,18,20H,5-6,8-12H2,1-2H3. The van der Waals surface area contributed by atoms with Crippen molar-refractivity contribution in [2.45, 2.75) is 45.4 Å². The van der Waals surface area contributed by atoms with Crippen molar-refractivity contribution in [1.82, 2.24) is 10.3 Å². The smallest absolute Gasteiger partial charge is 0.133 e. The molecule has 0 atom stereocenters. The number of nitrogens with zero attached hydrogens (tertiary/aromatic N) is 2. The van der Waals surface area contributed by atoms with Crippen molar-refractivity contribution in [2.75, 3.05) is 31.2 Å². The first kappa shape index (κ1) is 16.2. The topological polar surface area (TPSA) is 57.6 Å². The van der Waals surface area contributed by atoms with Crippen LogP contribution in [0.3, 0.4) is 0 Å². The van der Waals surface area contributed by atoms with Crippen molar-refractivity contribution in [3.05, 3.63) is 23.9 Å². The lowest BCUT2D eigenvalue weighted by atomic mass is 10.1. The highest BCUT2D eigenvalue weighted by Gasteiger charge is 2.22. The van der Waals surface area contributed by atoms with Gasteiger partial charge in [0.05, 0.1) is 19.3 Å². The van der Waals surface area contributed by atoms with Crippen LogP contribution in [0.25, 0.3) is 0 Å². The number of rotatable bonds is 7. The van der Waals surface area contributed by atoms with Crippen molar-refractivity contribution in [1.29, 1.82) is 0 Å². The summed E-state index contributed by atoms with van der Waals surface area (Å²) in [4.78, 5) is 6.92. The minimum absolute atomic E-state index is 0.103. The van der Waals surface area contributed by atoms with E-state index in [0.29, 0.717) is 12.6 Å². The van der Waals surface area contributed by atoms with E-state index in [4.69, 9.17) is 9.84 Å². The van der Waals surface area contributed by atoms with Gasteiger partial charge in [-0.3, -0.25) is 0 Å². The lowest BCUT2D eigenvalue weighted by molar-refractivity contribution is 0.0158. The molecule has 1 aliphatic heterocycles. The predicted octanol–water partition coefficient (Wildman–Crippen LogP) is 1.56. The number of aliphatic hydroxyl groups excluding tert-OH is 1. The highest BCUT2D eigenvalue weighted by Crippen LogP contribution is 2.23. The van der Waals surface area contributed by atoms with Gasteiger partial charge in [-0.25, -0.2) is 4.98 Å². The molecule has 118 valence electrons. The van der Waals surface area contributed by atoms with Crippen LogP contribution >= 0.6 is 0 Å². The van der Waals surface area contributed by atoms with Crippen LogP contribution < -0.4 is 10.2 Å². The van der Waals surface area contributed by atoms with Crippen LogP contribution in [-0.4, -0.2) is 48.5 Å². The van der Waals surface area contributed by atoms with E-state index in [1.165, 1.54) is 5.56 Å². The fourth-order valence-corrected chi connectivity index (χ4v) is 2.62. The van der Waals surface area contributed by atoms with Gasteiger partial charge in [-0.05, 0) is 18.9 Å². The zero-order valence-electron chi connectivity index (χ0n) is 13.1. The Hall–Kier alpha value is -1.17. The molecule has 0 saturated carbocycles. The lowest BCUT2D eigenvalue weighted by Gasteiger charge is -2.33. The van der Waals surface area contributed by atoms with Gasteiger partial charge in [0.1, 0.15) is 5.82 Å². The number of ether oxygens (including phenoxy) is 1. The third-order valence-corrected chi connectivity index (χ3v) is 3.75. The van der Waals surface area contributed by atoms with E-state index >= 15 is 0 Å². The normalized spacial score (nSPS) is 16.7. The third-order valence-electron chi connectivity index (χ3n) is 3.75. The second-order valence-electron chi connectivity index (χ2n) is 5.80. The Morgan fingerprint density at radius 3 is 2.86 bits per heavy atom. The third kappa shape index (κ3) is 4.95. The van der Waals surface area contributed by atoms with Crippen LogP contribution in [0.1, 0.15) is 32.3 Å². The zero-order chi connectivity index (χ0) is 15.1. The largest absolute Gasteiger partial charge is 0.394 e. The summed E-state index contributed by atoms with van der Waals surface area (Å²) < 4.78 is 5.62. The molecular formula is C16H27N3O2. The summed E-state index contributed by atoms with van der Waals surface area (Å²) in [6.07, 6.45) is 4.12. The van der Waals surface area contributed by atoms with E-state index in [1.807, 2.05) is 12.3 Å². The van der Waals surface area contributed by atoms with Crippen LogP contribution in [0.15, 0.2) is 18.3 Å². The molecule has 0 amide bonds. The molecule has 1 aromatic heterocycles. The van der Waals surface area contributed by atoms with Crippen molar-refractivity contribution < 1.29 is 9.84 Å². The molecule has 1 aromatic rings. The van der Waals surface area contributed by atoms with Gasteiger partial charge in [0.25, 0.3) is 0 Å². The van der Waals surface area contributed by atoms with E-state index in [-0.39, 0.29) is 12.7 Å². The summed E-state index contributed by atoms with van der Waals surface area (Å²) in [5, 5.41) is 12.3. The number of aliphatic hydroxyl groups is 1. The fraction of sp³-hybridized carbons (Fsp3) is 0.688. The van der Waals surface area contributed by atoms with Gasteiger partial charge < -0.3 is 20.1 Å². The highest BCUT2D eigenvalue weighted by molar-refractivity contribution is 5.47. The summed E-state index contributed by atoms with van der Waals surface area (Å²) >= 11 is 0. The molecule has 0 aromatic carbocycles. The Balaban J connectivity index is 1.93. The molecular weight excluding hydrogens is 266 g/mol.